The summed E-state index contributed by atoms with van der Waals surface area (Å²) in [6.07, 6.45) is 12.0. The van der Waals surface area contributed by atoms with E-state index in [-0.39, 0.29) is 0 Å². The third-order valence-corrected chi connectivity index (χ3v) is 3.43. The molecule has 0 amide bonds. The average molecular weight is 205 g/mol. The monoisotopic (exact) mass is 205 g/mol. The van der Waals surface area contributed by atoms with Gasteiger partial charge in [0.15, 0.2) is 0 Å². The van der Waals surface area contributed by atoms with Gasteiger partial charge in [0.25, 0.3) is 0 Å². The number of hydrogen-bond donors (Lipinski definition) is 0. The Balaban J connectivity index is 2.32. The van der Waals surface area contributed by atoms with Gasteiger partial charge in [0.1, 0.15) is 0 Å². The SMILES string of the molecule is C1=CCc2c(ccc3cn4cccc4c23)=C1. The highest BCUT2D eigenvalue weighted by Gasteiger charge is 2.09. The summed E-state index contributed by atoms with van der Waals surface area (Å²) in [5.41, 5.74) is 2.80. The van der Waals surface area contributed by atoms with Crippen LogP contribution in [-0.4, -0.2) is 4.40 Å². The fraction of sp³-hybridized carbons (Fsp3) is 0.0667. The number of hydrogen-bond acceptors (Lipinski definition) is 0. The first-order chi connectivity index (χ1) is 7.93. The summed E-state index contributed by atoms with van der Waals surface area (Å²) < 4.78 is 2.21. The minimum Gasteiger partial charge on any atom is -0.323 e. The van der Waals surface area contributed by atoms with Gasteiger partial charge < -0.3 is 4.40 Å². The lowest BCUT2D eigenvalue weighted by Crippen LogP contribution is -2.10. The van der Waals surface area contributed by atoms with Gasteiger partial charge in [-0.25, -0.2) is 0 Å². The standard InChI is InChI=1S/C15H11N/c1-2-5-13-11(4-1)7-8-12-10-16-9-3-6-14(16)15(12)13/h1-4,6-10H,5H2. The number of allylic oxidation sites excluding steroid dienone is 2. The Morgan fingerprint density at radius 3 is 3.12 bits per heavy atom. The van der Waals surface area contributed by atoms with E-state index >= 15 is 0 Å². The van der Waals surface area contributed by atoms with Crippen LogP contribution >= 0.6 is 0 Å². The fourth-order valence-electron chi connectivity index (χ4n) is 2.69. The van der Waals surface area contributed by atoms with E-state index in [0.29, 0.717) is 0 Å². The Hall–Kier alpha value is -2.02. The zero-order chi connectivity index (χ0) is 10.5. The van der Waals surface area contributed by atoms with E-state index < -0.39 is 0 Å². The highest BCUT2D eigenvalue weighted by molar-refractivity contribution is 6.00. The molecule has 0 bridgehead atoms. The lowest BCUT2D eigenvalue weighted by molar-refractivity contribution is 1.24. The van der Waals surface area contributed by atoms with Crippen LogP contribution < -0.4 is 5.22 Å². The highest BCUT2D eigenvalue weighted by Crippen LogP contribution is 2.25. The van der Waals surface area contributed by atoms with Crippen molar-refractivity contribution in [2.45, 2.75) is 6.42 Å². The lowest BCUT2D eigenvalue weighted by Gasteiger charge is -2.05. The molecule has 0 N–H and O–H groups in total. The predicted molar refractivity (Wildman–Crippen MR) is 67.4 cm³/mol. The maximum atomic E-state index is 2.23. The maximum absolute atomic E-state index is 2.23. The van der Waals surface area contributed by atoms with E-state index in [9.17, 15) is 0 Å². The van der Waals surface area contributed by atoms with Crippen molar-refractivity contribution >= 4 is 22.4 Å². The van der Waals surface area contributed by atoms with Gasteiger partial charge in [0, 0.05) is 23.2 Å². The largest absolute Gasteiger partial charge is 0.323 e. The van der Waals surface area contributed by atoms with Crippen LogP contribution in [0.4, 0.5) is 0 Å². The molecule has 76 valence electrons. The molecule has 0 atom stereocenters. The number of fused-ring (bicyclic) bond motifs is 5. The molecule has 2 heterocycles. The van der Waals surface area contributed by atoms with Crippen molar-refractivity contribution < 1.29 is 0 Å². The molecular formula is C15H11N. The Morgan fingerprint density at radius 1 is 1.12 bits per heavy atom. The summed E-state index contributed by atoms with van der Waals surface area (Å²) in [4.78, 5) is 0. The molecule has 1 heteroatoms. The van der Waals surface area contributed by atoms with Crippen LogP contribution in [0.3, 0.4) is 0 Å². The van der Waals surface area contributed by atoms with Gasteiger partial charge >= 0.3 is 0 Å². The minimum absolute atomic E-state index is 1.05. The third-order valence-electron chi connectivity index (χ3n) is 3.43. The summed E-state index contributed by atoms with van der Waals surface area (Å²) in [6.45, 7) is 0. The molecule has 1 aromatic carbocycles. The van der Waals surface area contributed by atoms with Gasteiger partial charge in [0.2, 0.25) is 0 Å². The molecule has 0 aliphatic heterocycles. The second-order valence-electron chi connectivity index (χ2n) is 4.33. The van der Waals surface area contributed by atoms with Crippen LogP contribution in [-0.2, 0) is 6.42 Å². The molecule has 4 rings (SSSR count). The molecule has 0 saturated heterocycles. The number of aromatic nitrogens is 1. The molecule has 3 aromatic rings. The van der Waals surface area contributed by atoms with Crippen molar-refractivity contribution in [3.63, 3.8) is 0 Å². The van der Waals surface area contributed by atoms with Crippen LogP contribution in [0.15, 0.2) is 48.8 Å². The maximum Gasteiger partial charge on any atom is 0.0532 e. The van der Waals surface area contributed by atoms with Crippen molar-refractivity contribution in [1.29, 1.82) is 0 Å². The molecule has 0 unspecified atom stereocenters. The van der Waals surface area contributed by atoms with Crippen molar-refractivity contribution in [3.8, 4) is 0 Å². The first-order valence-corrected chi connectivity index (χ1v) is 5.61. The second-order valence-corrected chi connectivity index (χ2v) is 4.33. The van der Waals surface area contributed by atoms with E-state index in [1.54, 1.807) is 0 Å². The van der Waals surface area contributed by atoms with E-state index in [0.717, 1.165) is 6.42 Å². The van der Waals surface area contributed by atoms with Crippen LogP contribution in [0.2, 0.25) is 0 Å². The van der Waals surface area contributed by atoms with Gasteiger partial charge in [-0.05, 0) is 29.3 Å². The Morgan fingerprint density at radius 2 is 2.12 bits per heavy atom. The minimum atomic E-state index is 1.05. The van der Waals surface area contributed by atoms with Crippen LogP contribution in [0.1, 0.15) is 5.56 Å². The van der Waals surface area contributed by atoms with Gasteiger partial charge in [-0.3, -0.25) is 0 Å². The summed E-state index contributed by atoms with van der Waals surface area (Å²) in [7, 11) is 0. The molecule has 16 heavy (non-hydrogen) atoms. The van der Waals surface area contributed by atoms with E-state index in [1.165, 1.54) is 27.1 Å². The van der Waals surface area contributed by atoms with E-state index in [4.69, 9.17) is 0 Å². The quantitative estimate of drug-likeness (QED) is 0.531. The Labute approximate surface area is 93.3 Å². The predicted octanol–water partition coefficient (Wildman–Crippen LogP) is 2.70. The second kappa shape index (κ2) is 2.76. The number of benzene rings is 1. The van der Waals surface area contributed by atoms with Crippen molar-refractivity contribution in [1.82, 2.24) is 4.40 Å². The van der Waals surface area contributed by atoms with E-state index in [1.807, 2.05) is 0 Å². The normalized spacial score (nSPS) is 14.2. The van der Waals surface area contributed by atoms with Crippen molar-refractivity contribution in [2.24, 2.45) is 0 Å². The molecule has 0 radical (unpaired) electrons. The molecule has 0 fully saturated rings. The Bertz CT molecular complexity index is 775. The molecule has 1 aliphatic rings. The zero-order valence-electron chi connectivity index (χ0n) is 8.85. The topological polar surface area (TPSA) is 4.41 Å². The average Bonchev–Trinajstić information content (AvgIpc) is 2.88. The van der Waals surface area contributed by atoms with Gasteiger partial charge in [-0.15, -0.1) is 0 Å². The summed E-state index contributed by atoms with van der Waals surface area (Å²) in [5.74, 6) is 0. The summed E-state index contributed by atoms with van der Waals surface area (Å²) >= 11 is 0. The molecule has 1 nitrogen and oxygen atoms in total. The van der Waals surface area contributed by atoms with Crippen molar-refractivity contribution in [3.05, 3.63) is 59.6 Å². The molecule has 0 spiro atoms. The van der Waals surface area contributed by atoms with Crippen LogP contribution in [0, 0.1) is 0 Å². The number of nitrogens with zero attached hydrogens (tertiary/aromatic N) is 1. The van der Waals surface area contributed by atoms with Gasteiger partial charge in [0.05, 0.1) is 5.52 Å². The molecule has 0 saturated carbocycles. The highest BCUT2D eigenvalue weighted by atomic mass is 14.9. The first-order valence-electron chi connectivity index (χ1n) is 5.61. The summed E-state index contributed by atoms with van der Waals surface area (Å²) in [5, 5.41) is 4.13. The lowest BCUT2D eigenvalue weighted by atomic mass is 9.99. The van der Waals surface area contributed by atoms with Crippen LogP contribution in [0.25, 0.3) is 22.4 Å². The van der Waals surface area contributed by atoms with Gasteiger partial charge in [-0.2, -0.15) is 0 Å². The Kier molecular flexibility index (Phi) is 1.41. The third kappa shape index (κ3) is 0.904. The number of rotatable bonds is 0. The van der Waals surface area contributed by atoms with Crippen LogP contribution in [0.5, 0.6) is 0 Å². The molecular weight excluding hydrogens is 194 g/mol. The van der Waals surface area contributed by atoms with Gasteiger partial charge in [-0.1, -0.05) is 30.4 Å². The fourth-order valence-corrected chi connectivity index (χ4v) is 2.69. The van der Waals surface area contributed by atoms with E-state index in [2.05, 4.69) is 59.3 Å². The van der Waals surface area contributed by atoms with Crippen molar-refractivity contribution in [2.75, 3.05) is 0 Å². The molecule has 2 aromatic heterocycles. The first kappa shape index (κ1) is 8.17. The summed E-state index contributed by atoms with van der Waals surface area (Å²) in [6, 6.07) is 8.74. The molecule has 1 aliphatic carbocycles. The zero-order valence-corrected chi connectivity index (χ0v) is 8.85. The smallest absolute Gasteiger partial charge is 0.0532 e.